The van der Waals surface area contributed by atoms with Crippen LogP contribution in [0.2, 0.25) is 0 Å². The second-order valence-corrected chi connectivity index (χ2v) is 4.05. The average Bonchev–Trinajstić information content (AvgIpc) is 2.16. The monoisotopic (exact) mass is 212 g/mol. The number of rotatable bonds is 1. The molecule has 0 N–H and O–H groups in total. The number of carbonyl (C=O) groups excluding carboxylic acids is 1. The maximum atomic E-state index is 10.9. The van der Waals surface area contributed by atoms with Gasteiger partial charge in [-0.2, -0.15) is 0 Å². The Morgan fingerprint density at radius 1 is 1.21 bits per heavy atom. The van der Waals surface area contributed by atoms with Crippen molar-refractivity contribution in [2.45, 2.75) is 17.7 Å². The van der Waals surface area contributed by atoms with Gasteiger partial charge in [0.2, 0.25) is 0 Å². The van der Waals surface area contributed by atoms with Crippen LogP contribution < -0.4 is 4.74 Å². The van der Waals surface area contributed by atoms with Gasteiger partial charge in [0.05, 0.1) is 11.3 Å². The Morgan fingerprint density at radius 3 is 2.71 bits per heavy atom. The van der Waals surface area contributed by atoms with E-state index in [-0.39, 0.29) is 10.9 Å². The average molecular weight is 212 g/mol. The van der Waals surface area contributed by atoms with E-state index in [0.717, 1.165) is 5.56 Å². The minimum atomic E-state index is -2.56. The van der Waals surface area contributed by atoms with E-state index in [2.05, 4.69) is 0 Å². The van der Waals surface area contributed by atoms with Gasteiger partial charge in [0, 0.05) is 0 Å². The highest BCUT2D eigenvalue weighted by Gasteiger charge is 2.17. The zero-order chi connectivity index (χ0) is 10.1. The lowest BCUT2D eigenvalue weighted by Crippen LogP contribution is -2.15. The smallest absolute Gasteiger partial charge is 0.311 e. The zero-order valence-electron chi connectivity index (χ0n) is 7.23. The first kappa shape index (κ1) is 9.21. The zero-order valence-corrected chi connectivity index (χ0v) is 8.12. The topological polar surface area (TPSA) is 60.4 Å². The van der Waals surface area contributed by atoms with Crippen LogP contribution in [0, 0.1) is 0 Å². The third kappa shape index (κ3) is 1.63. The molecule has 0 atom stereocenters. The molecule has 1 aliphatic rings. The minimum Gasteiger partial charge on any atom is -0.426 e. The van der Waals surface area contributed by atoms with Crippen LogP contribution in [0.1, 0.15) is 12.0 Å². The van der Waals surface area contributed by atoms with E-state index in [4.69, 9.17) is 4.74 Å². The second-order valence-electron chi connectivity index (χ2n) is 3.02. The Balaban J connectivity index is 2.45. The van der Waals surface area contributed by atoms with Crippen molar-refractivity contribution in [3.8, 4) is 5.75 Å². The number of carbonyl (C=O) groups is 1. The van der Waals surface area contributed by atoms with Gasteiger partial charge in [-0.05, 0) is 30.2 Å². The van der Waals surface area contributed by atoms with E-state index in [1.165, 1.54) is 12.1 Å². The van der Waals surface area contributed by atoms with Crippen LogP contribution in [-0.2, 0) is 21.9 Å². The molecule has 0 aromatic heterocycles. The number of esters is 1. The highest BCUT2D eigenvalue weighted by Crippen LogP contribution is 2.26. The van der Waals surface area contributed by atoms with Gasteiger partial charge in [-0.25, -0.2) is 8.42 Å². The number of hydrogen-bond donors (Lipinski definition) is 1. The van der Waals surface area contributed by atoms with Gasteiger partial charge in [0.25, 0.3) is 0 Å². The molecule has 0 amide bonds. The van der Waals surface area contributed by atoms with E-state index in [9.17, 15) is 13.2 Å². The molecule has 0 fully saturated rings. The first-order chi connectivity index (χ1) is 6.66. The normalized spacial score (nSPS) is 15.1. The molecule has 1 aliphatic heterocycles. The quantitative estimate of drug-likeness (QED) is 0.418. The summed E-state index contributed by atoms with van der Waals surface area (Å²) in [5.74, 6) is 0.207. The van der Waals surface area contributed by atoms with Crippen molar-refractivity contribution < 1.29 is 17.9 Å². The number of fused-ring (bicyclic) bond motifs is 1. The van der Waals surface area contributed by atoms with E-state index in [1.807, 2.05) is 0 Å². The molecule has 1 aromatic rings. The first-order valence-corrected chi connectivity index (χ1v) is 5.32. The Morgan fingerprint density at radius 2 is 2.00 bits per heavy atom. The SMILES string of the molecule is O=C1CCc2cc([SH](=O)=O)ccc2O1. The lowest BCUT2D eigenvalue weighted by Gasteiger charge is -2.14. The van der Waals surface area contributed by atoms with Crippen molar-refractivity contribution in [3.05, 3.63) is 23.8 Å². The van der Waals surface area contributed by atoms with Crippen molar-refractivity contribution in [1.29, 1.82) is 0 Å². The molecule has 74 valence electrons. The molecule has 0 spiro atoms. The molecule has 0 unspecified atom stereocenters. The first-order valence-electron chi connectivity index (χ1n) is 4.15. The van der Waals surface area contributed by atoms with Gasteiger partial charge in [-0.15, -0.1) is 0 Å². The fourth-order valence-corrected chi connectivity index (χ4v) is 1.84. The molecule has 14 heavy (non-hydrogen) atoms. The lowest BCUT2D eigenvalue weighted by atomic mass is 10.1. The van der Waals surface area contributed by atoms with Crippen LogP contribution in [0.15, 0.2) is 23.1 Å². The molecule has 0 radical (unpaired) electrons. The summed E-state index contributed by atoms with van der Waals surface area (Å²) in [6.45, 7) is 0. The van der Waals surface area contributed by atoms with Crippen molar-refractivity contribution in [1.82, 2.24) is 0 Å². The van der Waals surface area contributed by atoms with Crippen LogP contribution in [-0.4, -0.2) is 14.4 Å². The van der Waals surface area contributed by atoms with Crippen LogP contribution in [0.3, 0.4) is 0 Å². The predicted octanol–water partition coefficient (Wildman–Crippen LogP) is 0.509. The van der Waals surface area contributed by atoms with Crippen molar-refractivity contribution in [3.63, 3.8) is 0 Å². The van der Waals surface area contributed by atoms with Gasteiger partial charge in [-0.3, -0.25) is 4.79 Å². The van der Waals surface area contributed by atoms with Gasteiger partial charge in [0.15, 0.2) is 10.7 Å². The number of aryl methyl sites for hydroxylation is 1. The second kappa shape index (κ2) is 3.42. The fourth-order valence-electron chi connectivity index (χ4n) is 1.38. The molecule has 1 aromatic carbocycles. The molecule has 0 bridgehead atoms. The summed E-state index contributed by atoms with van der Waals surface area (Å²) >= 11 is 0. The Bertz CT molecular complexity index is 454. The Hall–Kier alpha value is -1.36. The molecule has 1 heterocycles. The molecule has 0 aliphatic carbocycles. The van der Waals surface area contributed by atoms with Gasteiger partial charge >= 0.3 is 5.97 Å². The van der Waals surface area contributed by atoms with Gasteiger partial charge in [0.1, 0.15) is 5.75 Å². The summed E-state index contributed by atoms with van der Waals surface area (Å²) < 4.78 is 26.3. The number of benzene rings is 1. The highest BCUT2D eigenvalue weighted by atomic mass is 32.2. The summed E-state index contributed by atoms with van der Waals surface area (Å²) in [6, 6.07) is 4.50. The van der Waals surface area contributed by atoms with E-state index in [0.29, 0.717) is 18.6 Å². The molecule has 0 saturated carbocycles. The maximum absolute atomic E-state index is 10.9. The molecular weight excluding hydrogens is 204 g/mol. The summed E-state index contributed by atoms with van der Waals surface area (Å²) in [6.07, 6.45) is 0.858. The minimum absolute atomic E-state index is 0.261. The number of thiol groups is 1. The Labute approximate surface area is 82.5 Å². The highest BCUT2D eigenvalue weighted by molar-refractivity contribution is 7.72. The van der Waals surface area contributed by atoms with Crippen LogP contribution >= 0.6 is 0 Å². The van der Waals surface area contributed by atoms with Crippen molar-refractivity contribution in [2.75, 3.05) is 0 Å². The van der Waals surface area contributed by atoms with Gasteiger partial charge < -0.3 is 4.74 Å². The molecule has 4 nitrogen and oxygen atoms in total. The third-order valence-electron chi connectivity index (χ3n) is 2.08. The van der Waals surface area contributed by atoms with Crippen LogP contribution in [0.25, 0.3) is 0 Å². The van der Waals surface area contributed by atoms with E-state index in [1.54, 1.807) is 6.07 Å². The standard InChI is InChI=1S/C9H8O4S/c10-9-4-1-6-5-7(14(11)12)2-3-8(6)13-9/h2-3,5,14H,1,4H2. The largest absolute Gasteiger partial charge is 0.426 e. The summed E-state index contributed by atoms with van der Waals surface area (Å²) in [4.78, 5) is 11.2. The molecule has 5 heteroatoms. The predicted molar refractivity (Wildman–Crippen MR) is 49.0 cm³/mol. The van der Waals surface area contributed by atoms with Gasteiger partial charge in [-0.1, -0.05) is 0 Å². The lowest BCUT2D eigenvalue weighted by molar-refractivity contribution is -0.135. The molecular formula is C9H8O4S. The number of ether oxygens (including phenoxy) is 1. The van der Waals surface area contributed by atoms with Crippen LogP contribution in [0.5, 0.6) is 5.75 Å². The van der Waals surface area contributed by atoms with E-state index < -0.39 is 10.7 Å². The number of hydrogen-bond acceptors (Lipinski definition) is 4. The third-order valence-corrected chi connectivity index (χ3v) is 2.78. The van der Waals surface area contributed by atoms with Crippen molar-refractivity contribution >= 4 is 16.7 Å². The maximum Gasteiger partial charge on any atom is 0.311 e. The van der Waals surface area contributed by atoms with Crippen molar-refractivity contribution in [2.24, 2.45) is 0 Å². The van der Waals surface area contributed by atoms with Crippen LogP contribution in [0.4, 0.5) is 0 Å². The summed E-state index contributed by atoms with van der Waals surface area (Å²) in [5.41, 5.74) is 0.779. The molecule has 2 rings (SSSR count). The Kier molecular flexibility index (Phi) is 2.25. The molecule has 0 saturated heterocycles. The summed E-state index contributed by atoms with van der Waals surface area (Å²) in [7, 11) is -2.56. The van der Waals surface area contributed by atoms with E-state index >= 15 is 0 Å². The fraction of sp³-hybridized carbons (Fsp3) is 0.222. The summed E-state index contributed by atoms with van der Waals surface area (Å²) in [5, 5.41) is 0.